The summed E-state index contributed by atoms with van der Waals surface area (Å²) < 4.78 is 5.22. The molecule has 0 aliphatic carbocycles. The summed E-state index contributed by atoms with van der Waals surface area (Å²) in [7, 11) is 0. The lowest BCUT2D eigenvalue weighted by Crippen LogP contribution is -1.89. The molecule has 0 amide bonds. The van der Waals surface area contributed by atoms with E-state index in [4.69, 9.17) is 10.3 Å². The second kappa shape index (κ2) is 4.29. The van der Waals surface area contributed by atoms with Crippen LogP contribution in [0.4, 0.5) is 5.69 Å². The molecule has 0 atom stereocenters. The Morgan fingerprint density at radius 2 is 1.78 bits per heavy atom. The molecule has 0 aliphatic heterocycles. The molecule has 3 aromatic rings. The van der Waals surface area contributed by atoms with Crippen LogP contribution in [0.3, 0.4) is 0 Å². The lowest BCUT2D eigenvalue weighted by Gasteiger charge is -1.97. The Morgan fingerprint density at radius 3 is 2.56 bits per heavy atom. The number of nitrogen functional groups attached to an aromatic ring is 1. The third-order valence-corrected chi connectivity index (χ3v) is 2.56. The molecule has 0 bridgehead atoms. The Bertz CT molecular complexity index is 664. The van der Waals surface area contributed by atoms with Crippen LogP contribution in [0.25, 0.3) is 22.8 Å². The van der Waals surface area contributed by atoms with Crippen molar-refractivity contribution in [3.8, 4) is 22.8 Å². The fourth-order valence-electron chi connectivity index (χ4n) is 1.64. The molecule has 1 aromatic carbocycles. The van der Waals surface area contributed by atoms with Gasteiger partial charge in [-0.15, -0.1) is 0 Å². The van der Waals surface area contributed by atoms with Crippen molar-refractivity contribution in [1.82, 2.24) is 15.1 Å². The maximum Gasteiger partial charge on any atom is 0.260 e. The quantitative estimate of drug-likeness (QED) is 0.693. The highest BCUT2D eigenvalue weighted by atomic mass is 16.5. The molecule has 3 rings (SSSR count). The molecule has 0 spiro atoms. The van der Waals surface area contributed by atoms with E-state index < -0.39 is 0 Å². The Kier molecular flexibility index (Phi) is 2.49. The molecule has 5 nitrogen and oxygen atoms in total. The number of nitrogens with zero attached hydrogens (tertiary/aromatic N) is 3. The molecule has 18 heavy (non-hydrogen) atoms. The lowest BCUT2D eigenvalue weighted by atomic mass is 10.2. The van der Waals surface area contributed by atoms with Crippen molar-refractivity contribution >= 4 is 5.69 Å². The Morgan fingerprint density at radius 1 is 1.00 bits per heavy atom. The molecule has 5 heteroatoms. The number of aromatic nitrogens is 3. The van der Waals surface area contributed by atoms with Gasteiger partial charge in [0.25, 0.3) is 5.89 Å². The summed E-state index contributed by atoms with van der Waals surface area (Å²) in [6.07, 6.45) is 3.37. The van der Waals surface area contributed by atoms with E-state index in [1.807, 2.05) is 30.3 Å². The normalized spacial score (nSPS) is 10.4. The van der Waals surface area contributed by atoms with Crippen LogP contribution in [0.5, 0.6) is 0 Å². The van der Waals surface area contributed by atoms with E-state index in [0.717, 1.165) is 11.1 Å². The number of para-hydroxylation sites is 1. The van der Waals surface area contributed by atoms with E-state index >= 15 is 0 Å². The molecule has 0 radical (unpaired) electrons. The lowest BCUT2D eigenvalue weighted by molar-refractivity contribution is 0.432. The SMILES string of the molecule is Nc1ccccc1-c1nc(-c2ccncc2)no1. The number of rotatable bonds is 2. The molecule has 0 saturated carbocycles. The molecule has 0 fully saturated rings. The minimum atomic E-state index is 0.417. The van der Waals surface area contributed by atoms with Crippen molar-refractivity contribution in [2.45, 2.75) is 0 Å². The molecule has 2 aromatic heterocycles. The van der Waals surface area contributed by atoms with Gasteiger partial charge in [0.05, 0.1) is 5.56 Å². The van der Waals surface area contributed by atoms with Crippen LogP contribution in [-0.4, -0.2) is 15.1 Å². The van der Waals surface area contributed by atoms with Crippen LogP contribution in [0.1, 0.15) is 0 Å². The first-order chi connectivity index (χ1) is 8.84. The minimum absolute atomic E-state index is 0.417. The second-order valence-electron chi connectivity index (χ2n) is 3.75. The van der Waals surface area contributed by atoms with Gasteiger partial charge in [-0.3, -0.25) is 4.98 Å². The van der Waals surface area contributed by atoms with Gasteiger partial charge in [-0.05, 0) is 24.3 Å². The van der Waals surface area contributed by atoms with Gasteiger partial charge in [0.1, 0.15) is 0 Å². The van der Waals surface area contributed by atoms with Crippen molar-refractivity contribution in [2.75, 3.05) is 5.73 Å². The van der Waals surface area contributed by atoms with Crippen LogP contribution in [0.15, 0.2) is 53.3 Å². The van der Waals surface area contributed by atoms with Gasteiger partial charge in [0.2, 0.25) is 5.82 Å². The Balaban J connectivity index is 2.03. The third-order valence-electron chi connectivity index (χ3n) is 2.56. The summed E-state index contributed by atoms with van der Waals surface area (Å²) in [6.45, 7) is 0. The standard InChI is InChI=1S/C13H10N4O/c14-11-4-2-1-3-10(11)13-16-12(17-18-13)9-5-7-15-8-6-9/h1-8H,14H2. The van der Waals surface area contributed by atoms with E-state index in [9.17, 15) is 0 Å². The smallest absolute Gasteiger partial charge is 0.260 e. The predicted octanol–water partition coefficient (Wildman–Crippen LogP) is 2.38. The maximum atomic E-state index is 5.86. The van der Waals surface area contributed by atoms with E-state index in [1.165, 1.54) is 0 Å². The van der Waals surface area contributed by atoms with Crippen LogP contribution in [-0.2, 0) is 0 Å². The van der Waals surface area contributed by atoms with Crippen molar-refractivity contribution < 1.29 is 4.52 Å². The predicted molar refractivity (Wildman–Crippen MR) is 67.4 cm³/mol. The molecule has 0 saturated heterocycles. The number of pyridine rings is 1. The first-order valence-corrected chi connectivity index (χ1v) is 5.43. The number of hydrogen-bond acceptors (Lipinski definition) is 5. The van der Waals surface area contributed by atoms with Gasteiger partial charge in [-0.2, -0.15) is 4.98 Å². The number of anilines is 1. The summed E-state index contributed by atoms with van der Waals surface area (Å²) in [5.41, 5.74) is 8.07. The van der Waals surface area contributed by atoms with Gasteiger partial charge in [0.15, 0.2) is 0 Å². The van der Waals surface area contributed by atoms with E-state index in [-0.39, 0.29) is 0 Å². The average Bonchev–Trinajstić information content (AvgIpc) is 2.90. The van der Waals surface area contributed by atoms with Crippen LogP contribution >= 0.6 is 0 Å². The molecule has 2 N–H and O–H groups in total. The highest BCUT2D eigenvalue weighted by molar-refractivity contribution is 5.71. The second-order valence-corrected chi connectivity index (χ2v) is 3.75. The monoisotopic (exact) mass is 238 g/mol. The zero-order valence-corrected chi connectivity index (χ0v) is 9.45. The highest BCUT2D eigenvalue weighted by Crippen LogP contribution is 2.25. The van der Waals surface area contributed by atoms with Gasteiger partial charge in [-0.25, -0.2) is 0 Å². The van der Waals surface area contributed by atoms with Crippen LogP contribution in [0, 0.1) is 0 Å². The van der Waals surface area contributed by atoms with Crippen molar-refractivity contribution in [3.63, 3.8) is 0 Å². The fourth-order valence-corrected chi connectivity index (χ4v) is 1.64. The van der Waals surface area contributed by atoms with E-state index in [2.05, 4.69) is 15.1 Å². The average molecular weight is 238 g/mol. The minimum Gasteiger partial charge on any atom is -0.398 e. The van der Waals surface area contributed by atoms with Crippen molar-refractivity contribution in [3.05, 3.63) is 48.8 Å². The maximum absolute atomic E-state index is 5.86. The molecule has 0 aliphatic rings. The van der Waals surface area contributed by atoms with Crippen LogP contribution in [0.2, 0.25) is 0 Å². The number of benzene rings is 1. The molecule has 2 heterocycles. The first kappa shape index (κ1) is 10.5. The van der Waals surface area contributed by atoms with Gasteiger partial charge in [-0.1, -0.05) is 17.3 Å². The topological polar surface area (TPSA) is 77.8 Å². The number of hydrogen-bond donors (Lipinski definition) is 1. The van der Waals surface area contributed by atoms with Crippen molar-refractivity contribution in [1.29, 1.82) is 0 Å². The third kappa shape index (κ3) is 1.82. The highest BCUT2D eigenvalue weighted by Gasteiger charge is 2.12. The Hall–Kier alpha value is -2.69. The first-order valence-electron chi connectivity index (χ1n) is 5.43. The molecular formula is C13H10N4O. The largest absolute Gasteiger partial charge is 0.398 e. The zero-order valence-electron chi connectivity index (χ0n) is 9.45. The summed E-state index contributed by atoms with van der Waals surface area (Å²) in [5, 5.41) is 3.93. The molecular weight excluding hydrogens is 228 g/mol. The summed E-state index contributed by atoms with van der Waals surface area (Å²) in [5.74, 6) is 0.940. The number of nitrogens with two attached hydrogens (primary N) is 1. The molecule has 88 valence electrons. The van der Waals surface area contributed by atoms with E-state index in [0.29, 0.717) is 17.4 Å². The summed E-state index contributed by atoms with van der Waals surface area (Å²) in [4.78, 5) is 8.27. The van der Waals surface area contributed by atoms with Gasteiger partial charge >= 0.3 is 0 Å². The summed E-state index contributed by atoms with van der Waals surface area (Å²) >= 11 is 0. The van der Waals surface area contributed by atoms with Crippen molar-refractivity contribution in [2.24, 2.45) is 0 Å². The molecule has 0 unspecified atom stereocenters. The van der Waals surface area contributed by atoms with Gasteiger partial charge in [0, 0.05) is 23.6 Å². The Labute approximate surface area is 103 Å². The van der Waals surface area contributed by atoms with E-state index in [1.54, 1.807) is 18.5 Å². The zero-order chi connectivity index (χ0) is 12.4. The fraction of sp³-hybridized carbons (Fsp3) is 0. The van der Waals surface area contributed by atoms with Crippen LogP contribution < -0.4 is 5.73 Å². The summed E-state index contributed by atoms with van der Waals surface area (Å²) in [6, 6.07) is 11.0. The van der Waals surface area contributed by atoms with Gasteiger partial charge < -0.3 is 10.3 Å².